The molecule has 2 aromatic rings. The van der Waals surface area contributed by atoms with Gasteiger partial charge in [-0.1, -0.05) is 6.07 Å². The number of aryl methyl sites for hydroxylation is 1. The Bertz CT molecular complexity index is 1020. The second kappa shape index (κ2) is 7.20. The number of nitrogens with zero attached hydrogens (tertiary/aromatic N) is 2. The monoisotopic (exact) mass is 398 g/mol. The molecule has 10 heteroatoms. The van der Waals surface area contributed by atoms with Gasteiger partial charge in [0.1, 0.15) is 0 Å². The van der Waals surface area contributed by atoms with E-state index in [-0.39, 0.29) is 23.9 Å². The smallest absolute Gasteiger partial charge is 0.256 e. The Morgan fingerprint density at radius 2 is 2.04 bits per heavy atom. The number of fused-ring (bicyclic) bond motifs is 1. The molecular weight excluding hydrogens is 376 g/mol. The molecular formula is C16H22N4O4S2. The molecule has 3 rings (SSSR count). The number of sulfonamides is 1. The van der Waals surface area contributed by atoms with Crippen LogP contribution >= 0.6 is 0 Å². The van der Waals surface area contributed by atoms with Crippen molar-refractivity contribution >= 4 is 31.1 Å². The third-order valence-electron chi connectivity index (χ3n) is 4.60. The summed E-state index contributed by atoms with van der Waals surface area (Å²) in [4.78, 5) is 4.53. The SMILES string of the molecule is Cc1ccc(S(=O)(=O)N2CCC[C@H](CNS(N)(=O)=O)C2)c2cccnc12. The van der Waals surface area contributed by atoms with Crippen LogP contribution in [0.15, 0.2) is 35.4 Å². The molecule has 0 spiro atoms. The molecule has 1 aliphatic heterocycles. The van der Waals surface area contributed by atoms with Crippen LogP contribution in [0.25, 0.3) is 10.9 Å². The predicted octanol–water partition coefficient (Wildman–Crippen LogP) is 0.737. The summed E-state index contributed by atoms with van der Waals surface area (Å²) in [5.74, 6) is -0.119. The van der Waals surface area contributed by atoms with E-state index in [4.69, 9.17) is 5.14 Å². The minimum Gasteiger partial charge on any atom is -0.256 e. The molecule has 1 aromatic heterocycles. The molecule has 0 unspecified atom stereocenters. The average molecular weight is 399 g/mol. The molecule has 1 atom stereocenters. The Hall–Kier alpha value is -1.59. The molecule has 26 heavy (non-hydrogen) atoms. The highest BCUT2D eigenvalue weighted by molar-refractivity contribution is 7.89. The number of piperidine rings is 1. The quantitative estimate of drug-likeness (QED) is 0.769. The fourth-order valence-electron chi connectivity index (χ4n) is 3.30. The van der Waals surface area contributed by atoms with Gasteiger partial charge in [0.2, 0.25) is 10.0 Å². The van der Waals surface area contributed by atoms with Gasteiger partial charge in [0, 0.05) is 31.2 Å². The van der Waals surface area contributed by atoms with E-state index in [0.29, 0.717) is 23.9 Å². The van der Waals surface area contributed by atoms with Gasteiger partial charge in [0.25, 0.3) is 10.2 Å². The lowest BCUT2D eigenvalue weighted by Gasteiger charge is -2.32. The number of pyridine rings is 1. The predicted molar refractivity (Wildman–Crippen MR) is 99.1 cm³/mol. The molecule has 1 saturated heterocycles. The van der Waals surface area contributed by atoms with Crippen molar-refractivity contribution in [2.24, 2.45) is 11.1 Å². The van der Waals surface area contributed by atoms with Gasteiger partial charge < -0.3 is 0 Å². The largest absolute Gasteiger partial charge is 0.274 e. The Morgan fingerprint density at radius 3 is 2.77 bits per heavy atom. The third-order valence-corrected chi connectivity index (χ3v) is 7.10. The van der Waals surface area contributed by atoms with Gasteiger partial charge in [0.05, 0.1) is 10.4 Å². The van der Waals surface area contributed by atoms with E-state index in [1.165, 1.54) is 4.31 Å². The summed E-state index contributed by atoms with van der Waals surface area (Å²) in [7, 11) is -7.50. The van der Waals surface area contributed by atoms with Crippen LogP contribution in [0.1, 0.15) is 18.4 Å². The number of aromatic nitrogens is 1. The van der Waals surface area contributed by atoms with Crippen molar-refractivity contribution in [2.45, 2.75) is 24.7 Å². The van der Waals surface area contributed by atoms with Crippen LogP contribution in [-0.2, 0) is 20.2 Å². The number of nitrogens with one attached hydrogen (secondary N) is 1. The van der Waals surface area contributed by atoms with Crippen LogP contribution in [0.4, 0.5) is 0 Å². The van der Waals surface area contributed by atoms with Crippen molar-refractivity contribution in [1.29, 1.82) is 0 Å². The Morgan fingerprint density at radius 1 is 1.27 bits per heavy atom. The zero-order valence-electron chi connectivity index (χ0n) is 14.4. The summed E-state index contributed by atoms with van der Waals surface area (Å²) >= 11 is 0. The van der Waals surface area contributed by atoms with E-state index in [1.54, 1.807) is 30.5 Å². The molecule has 142 valence electrons. The summed E-state index contributed by atoms with van der Waals surface area (Å²) < 4.78 is 52.2. The maximum atomic E-state index is 13.2. The van der Waals surface area contributed by atoms with E-state index in [1.807, 2.05) is 6.92 Å². The first-order chi connectivity index (χ1) is 12.2. The van der Waals surface area contributed by atoms with Gasteiger partial charge in [-0.15, -0.1) is 0 Å². The molecule has 0 amide bonds. The van der Waals surface area contributed by atoms with Crippen molar-refractivity contribution in [3.05, 3.63) is 36.0 Å². The van der Waals surface area contributed by atoms with Gasteiger partial charge in [-0.3, -0.25) is 4.98 Å². The minimum atomic E-state index is -3.79. The van der Waals surface area contributed by atoms with Crippen LogP contribution in [0.3, 0.4) is 0 Å². The topological polar surface area (TPSA) is 122 Å². The summed E-state index contributed by atoms with van der Waals surface area (Å²) in [6.45, 7) is 2.67. The first-order valence-electron chi connectivity index (χ1n) is 8.30. The maximum absolute atomic E-state index is 13.2. The lowest BCUT2D eigenvalue weighted by molar-refractivity contribution is 0.267. The fourth-order valence-corrected chi connectivity index (χ4v) is 5.50. The summed E-state index contributed by atoms with van der Waals surface area (Å²) in [5.41, 5.74) is 1.58. The Labute approximate surface area is 153 Å². The lowest BCUT2D eigenvalue weighted by atomic mass is 10.0. The van der Waals surface area contributed by atoms with Crippen molar-refractivity contribution < 1.29 is 16.8 Å². The minimum absolute atomic E-state index is 0.119. The Kier molecular flexibility index (Phi) is 5.31. The number of benzene rings is 1. The summed E-state index contributed by atoms with van der Waals surface area (Å²) in [5, 5.41) is 5.56. The van der Waals surface area contributed by atoms with E-state index in [0.717, 1.165) is 12.0 Å². The summed E-state index contributed by atoms with van der Waals surface area (Å²) in [6.07, 6.45) is 3.05. The normalized spacial score (nSPS) is 19.7. The van der Waals surface area contributed by atoms with Crippen molar-refractivity contribution in [1.82, 2.24) is 14.0 Å². The van der Waals surface area contributed by atoms with Gasteiger partial charge in [-0.05, 0) is 49.4 Å². The van der Waals surface area contributed by atoms with E-state index in [2.05, 4.69) is 9.71 Å². The number of rotatable bonds is 5. The molecule has 0 aliphatic carbocycles. The molecule has 0 radical (unpaired) electrons. The van der Waals surface area contributed by atoms with Gasteiger partial charge in [-0.2, -0.15) is 12.7 Å². The van der Waals surface area contributed by atoms with Gasteiger partial charge >= 0.3 is 0 Å². The van der Waals surface area contributed by atoms with E-state index >= 15 is 0 Å². The first kappa shape index (κ1) is 19.2. The molecule has 1 fully saturated rings. The van der Waals surface area contributed by atoms with Gasteiger partial charge in [0.15, 0.2) is 0 Å². The lowest BCUT2D eigenvalue weighted by Crippen LogP contribution is -2.44. The zero-order chi connectivity index (χ0) is 18.9. The van der Waals surface area contributed by atoms with Crippen LogP contribution in [0.5, 0.6) is 0 Å². The number of hydrogen-bond donors (Lipinski definition) is 2. The highest BCUT2D eigenvalue weighted by atomic mass is 32.2. The number of hydrogen-bond acceptors (Lipinski definition) is 5. The maximum Gasteiger partial charge on any atom is 0.274 e. The van der Waals surface area contributed by atoms with Crippen LogP contribution in [0.2, 0.25) is 0 Å². The van der Waals surface area contributed by atoms with Crippen LogP contribution in [-0.4, -0.2) is 45.8 Å². The number of nitrogens with two attached hydrogens (primary N) is 1. The molecule has 8 nitrogen and oxygen atoms in total. The molecule has 0 saturated carbocycles. The van der Waals surface area contributed by atoms with Crippen LogP contribution < -0.4 is 9.86 Å². The highest BCUT2D eigenvalue weighted by Crippen LogP contribution is 2.29. The molecule has 0 bridgehead atoms. The van der Waals surface area contributed by atoms with Gasteiger partial charge in [-0.25, -0.2) is 18.3 Å². The van der Waals surface area contributed by atoms with Crippen molar-refractivity contribution in [3.63, 3.8) is 0 Å². The highest BCUT2D eigenvalue weighted by Gasteiger charge is 2.31. The van der Waals surface area contributed by atoms with E-state index < -0.39 is 20.2 Å². The Balaban J connectivity index is 1.90. The van der Waals surface area contributed by atoms with Crippen molar-refractivity contribution in [3.8, 4) is 0 Å². The van der Waals surface area contributed by atoms with Crippen LogP contribution in [0, 0.1) is 12.8 Å². The van der Waals surface area contributed by atoms with E-state index in [9.17, 15) is 16.8 Å². The standard InChI is InChI=1S/C16H22N4O4S2/c1-12-6-7-15(14-5-2-8-18-16(12)14)25(21,22)20-9-3-4-13(11-20)10-19-26(17,23)24/h2,5-8,13,19H,3-4,9-11H2,1H3,(H2,17,23,24)/t13-/m1/s1. The fraction of sp³-hybridized carbons (Fsp3) is 0.438. The molecule has 3 N–H and O–H groups in total. The molecule has 2 heterocycles. The molecule has 1 aromatic carbocycles. The second-order valence-electron chi connectivity index (χ2n) is 6.54. The zero-order valence-corrected chi connectivity index (χ0v) is 16.1. The molecule has 1 aliphatic rings. The van der Waals surface area contributed by atoms with Crippen molar-refractivity contribution in [2.75, 3.05) is 19.6 Å². The average Bonchev–Trinajstić information content (AvgIpc) is 2.60. The summed E-state index contributed by atoms with van der Waals surface area (Å²) in [6, 6.07) is 6.84. The third kappa shape index (κ3) is 4.04. The first-order valence-corrected chi connectivity index (χ1v) is 11.3. The second-order valence-corrected chi connectivity index (χ2v) is 9.83.